The number of carbonyl (C=O) groups is 1. The number of carbonyl (C=O) groups excluding carboxylic acids is 1. The zero-order valence-electron chi connectivity index (χ0n) is 11.8. The Hall–Kier alpha value is -2.56. The quantitative estimate of drug-likeness (QED) is 0.842. The van der Waals surface area contributed by atoms with Crippen molar-refractivity contribution >= 4 is 17.3 Å². The molecule has 1 aromatic heterocycles. The summed E-state index contributed by atoms with van der Waals surface area (Å²) in [5.74, 6) is -0.257. The number of hydrogen-bond acceptors (Lipinski definition) is 3. The number of rotatable bonds is 1. The number of anilines is 2. The molecule has 1 amide bonds. The summed E-state index contributed by atoms with van der Waals surface area (Å²) in [6, 6.07) is 11.0. The van der Waals surface area contributed by atoms with Crippen LogP contribution in [0.2, 0.25) is 0 Å². The van der Waals surface area contributed by atoms with Crippen LogP contribution in [0.25, 0.3) is 0 Å². The summed E-state index contributed by atoms with van der Waals surface area (Å²) in [4.78, 5) is 29.1. The lowest BCUT2D eigenvalue weighted by Gasteiger charge is -2.22. The van der Waals surface area contributed by atoms with Crippen molar-refractivity contribution in [2.24, 2.45) is 0 Å². The van der Waals surface area contributed by atoms with E-state index in [-0.39, 0.29) is 17.0 Å². The topological polar surface area (TPSA) is 65.2 Å². The van der Waals surface area contributed by atoms with E-state index in [9.17, 15) is 9.59 Å². The molecule has 0 unspecified atom stereocenters. The number of aryl methyl sites for hydroxylation is 1. The highest BCUT2D eigenvalue weighted by Crippen LogP contribution is 2.28. The van der Waals surface area contributed by atoms with Crippen molar-refractivity contribution in [3.8, 4) is 0 Å². The number of H-pyrrole nitrogens is 1. The minimum atomic E-state index is -0.338. The Kier molecular flexibility index (Phi) is 3.48. The molecule has 1 aliphatic heterocycles. The Morgan fingerprint density at radius 2 is 2.00 bits per heavy atom. The van der Waals surface area contributed by atoms with Gasteiger partial charge in [-0.05, 0) is 37.6 Å². The number of aromatic amines is 1. The maximum Gasteiger partial charge on any atom is 0.263 e. The molecule has 3 rings (SSSR count). The SMILES string of the molecule is Cc1ccc(C(=O)N2CCCNc3ccccc32)c(=O)[nH]1. The van der Waals surface area contributed by atoms with Crippen LogP contribution in [0.1, 0.15) is 22.5 Å². The number of amides is 1. The monoisotopic (exact) mass is 283 g/mol. The van der Waals surface area contributed by atoms with Crippen LogP contribution < -0.4 is 15.8 Å². The lowest BCUT2D eigenvalue weighted by atomic mass is 10.2. The second-order valence-corrected chi connectivity index (χ2v) is 5.14. The van der Waals surface area contributed by atoms with Crippen LogP contribution in [0, 0.1) is 6.92 Å². The fraction of sp³-hybridized carbons (Fsp3) is 0.250. The third-order valence-corrected chi connectivity index (χ3v) is 3.60. The molecule has 0 bridgehead atoms. The predicted octanol–water partition coefficient (Wildman–Crippen LogP) is 2.15. The molecule has 0 saturated heterocycles. The molecule has 1 aromatic carbocycles. The minimum absolute atomic E-state index is 0.178. The molecule has 0 aliphatic carbocycles. The van der Waals surface area contributed by atoms with Gasteiger partial charge in [0.2, 0.25) is 0 Å². The van der Waals surface area contributed by atoms with E-state index in [0.717, 1.165) is 30.0 Å². The van der Waals surface area contributed by atoms with E-state index in [1.807, 2.05) is 24.3 Å². The summed E-state index contributed by atoms with van der Waals surface area (Å²) in [5.41, 5.74) is 2.33. The summed E-state index contributed by atoms with van der Waals surface area (Å²) < 4.78 is 0. The van der Waals surface area contributed by atoms with Crippen LogP contribution in [0.3, 0.4) is 0 Å². The standard InChI is InChI=1S/C16H17N3O2/c1-11-7-8-12(15(20)18-11)16(21)19-10-4-9-17-13-5-2-3-6-14(13)19/h2-3,5-8,17H,4,9-10H2,1H3,(H,18,20). The number of pyridine rings is 1. The van der Waals surface area contributed by atoms with E-state index in [1.165, 1.54) is 0 Å². The van der Waals surface area contributed by atoms with E-state index in [4.69, 9.17) is 0 Å². The Balaban J connectivity index is 2.03. The maximum atomic E-state index is 12.7. The lowest BCUT2D eigenvalue weighted by molar-refractivity contribution is 0.0986. The summed E-state index contributed by atoms with van der Waals surface area (Å²) in [5, 5.41) is 3.31. The van der Waals surface area contributed by atoms with Crippen LogP contribution in [0.15, 0.2) is 41.2 Å². The van der Waals surface area contributed by atoms with Gasteiger partial charge in [0.05, 0.1) is 11.4 Å². The molecule has 2 heterocycles. The minimum Gasteiger partial charge on any atom is -0.383 e. The van der Waals surface area contributed by atoms with Crippen molar-refractivity contribution in [3.05, 3.63) is 58.0 Å². The molecule has 0 saturated carbocycles. The van der Waals surface area contributed by atoms with Gasteiger partial charge in [0.25, 0.3) is 11.5 Å². The number of nitrogens with one attached hydrogen (secondary N) is 2. The van der Waals surface area contributed by atoms with Gasteiger partial charge < -0.3 is 15.2 Å². The highest BCUT2D eigenvalue weighted by Gasteiger charge is 2.23. The van der Waals surface area contributed by atoms with Gasteiger partial charge in [-0.25, -0.2) is 0 Å². The van der Waals surface area contributed by atoms with Gasteiger partial charge in [-0.15, -0.1) is 0 Å². The highest BCUT2D eigenvalue weighted by molar-refractivity contribution is 6.07. The molecular weight excluding hydrogens is 266 g/mol. The molecule has 5 heteroatoms. The van der Waals surface area contributed by atoms with Crippen molar-refractivity contribution in [3.63, 3.8) is 0 Å². The second-order valence-electron chi connectivity index (χ2n) is 5.14. The summed E-state index contributed by atoms with van der Waals surface area (Å²) >= 11 is 0. The van der Waals surface area contributed by atoms with Crippen molar-refractivity contribution in [2.45, 2.75) is 13.3 Å². The lowest BCUT2D eigenvalue weighted by Crippen LogP contribution is -2.35. The predicted molar refractivity (Wildman–Crippen MR) is 83.0 cm³/mol. The van der Waals surface area contributed by atoms with Crippen LogP contribution in [-0.2, 0) is 0 Å². The number of para-hydroxylation sites is 2. The first-order valence-corrected chi connectivity index (χ1v) is 7.01. The molecule has 2 aromatic rings. The molecule has 0 fully saturated rings. The zero-order chi connectivity index (χ0) is 14.8. The van der Waals surface area contributed by atoms with Gasteiger partial charge in [0.1, 0.15) is 5.56 Å². The van der Waals surface area contributed by atoms with Gasteiger partial charge in [0.15, 0.2) is 0 Å². The molecule has 1 aliphatic rings. The summed E-state index contributed by atoms with van der Waals surface area (Å²) in [6.45, 7) is 3.20. The number of aromatic nitrogens is 1. The zero-order valence-corrected chi connectivity index (χ0v) is 11.8. The average molecular weight is 283 g/mol. The van der Waals surface area contributed by atoms with Crippen LogP contribution in [0.4, 0.5) is 11.4 Å². The van der Waals surface area contributed by atoms with E-state index in [0.29, 0.717) is 6.54 Å². The van der Waals surface area contributed by atoms with Gasteiger partial charge in [-0.2, -0.15) is 0 Å². The van der Waals surface area contributed by atoms with Crippen LogP contribution >= 0.6 is 0 Å². The van der Waals surface area contributed by atoms with E-state index in [2.05, 4.69) is 10.3 Å². The molecule has 0 atom stereocenters. The van der Waals surface area contributed by atoms with Gasteiger partial charge >= 0.3 is 0 Å². The molecule has 0 spiro atoms. The van der Waals surface area contributed by atoms with Crippen molar-refractivity contribution < 1.29 is 4.79 Å². The normalized spacial score (nSPS) is 14.0. The third-order valence-electron chi connectivity index (χ3n) is 3.60. The second kappa shape index (κ2) is 5.44. The maximum absolute atomic E-state index is 12.7. The van der Waals surface area contributed by atoms with Gasteiger partial charge in [-0.1, -0.05) is 12.1 Å². The number of hydrogen-bond donors (Lipinski definition) is 2. The van der Waals surface area contributed by atoms with Crippen LogP contribution in [-0.4, -0.2) is 24.0 Å². The summed E-state index contributed by atoms with van der Waals surface area (Å²) in [6.07, 6.45) is 0.837. The first-order valence-electron chi connectivity index (χ1n) is 7.01. The molecule has 2 N–H and O–H groups in total. The third kappa shape index (κ3) is 2.54. The average Bonchev–Trinajstić information content (AvgIpc) is 2.69. The molecule has 108 valence electrons. The van der Waals surface area contributed by atoms with E-state index in [1.54, 1.807) is 24.0 Å². The largest absolute Gasteiger partial charge is 0.383 e. The first-order chi connectivity index (χ1) is 10.2. The Morgan fingerprint density at radius 1 is 1.19 bits per heavy atom. The Bertz CT molecular complexity index is 736. The number of benzene rings is 1. The van der Waals surface area contributed by atoms with Gasteiger partial charge in [-0.3, -0.25) is 9.59 Å². The van der Waals surface area contributed by atoms with Crippen molar-refractivity contribution in [2.75, 3.05) is 23.3 Å². The smallest absolute Gasteiger partial charge is 0.263 e. The van der Waals surface area contributed by atoms with E-state index < -0.39 is 0 Å². The van der Waals surface area contributed by atoms with Crippen molar-refractivity contribution in [1.82, 2.24) is 4.98 Å². The molecule has 5 nitrogen and oxygen atoms in total. The summed E-state index contributed by atoms with van der Waals surface area (Å²) in [7, 11) is 0. The first kappa shape index (κ1) is 13.4. The molecule has 0 radical (unpaired) electrons. The van der Waals surface area contributed by atoms with E-state index >= 15 is 0 Å². The van der Waals surface area contributed by atoms with Gasteiger partial charge in [0, 0.05) is 18.8 Å². The molecular formula is C16H17N3O2. The number of nitrogens with zero attached hydrogens (tertiary/aromatic N) is 1. The Labute approximate surface area is 122 Å². The fourth-order valence-corrected chi connectivity index (χ4v) is 2.54. The van der Waals surface area contributed by atoms with Crippen molar-refractivity contribution in [1.29, 1.82) is 0 Å². The fourth-order valence-electron chi connectivity index (χ4n) is 2.54. The van der Waals surface area contributed by atoms with Crippen LogP contribution in [0.5, 0.6) is 0 Å². The Morgan fingerprint density at radius 3 is 2.81 bits per heavy atom. The number of fused-ring (bicyclic) bond motifs is 1. The highest BCUT2D eigenvalue weighted by atomic mass is 16.2. The molecule has 21 heavy (non-hydrogen) atoms.